The normalized spacial score (nSPS) is 16.7. The van der Waals surface area contributed by atoms with E-state index in [2.05, 4.69) is 66.1 Å². The molecule has 0 atom stereocenters. The number of piperidine rings is 1. The van der Waals surface area contributed by atoms with E-state index in [0.717, 1.165) is 90.2 Å². The van der Waals surface area contributed by atoms with Crippen LogP contribution in [0.1, 0.15) is 43.5 Å². The van der Waals surface area contributed by atoms with Crippen LogP contribution in [0.4, 0.5) is 5.69 Å². The summed E-state index contributed by atoms with van der Waals surface area (Å²) in [4.78, 5) is 40.4. The van der Waals surface area contributed by atoms with Gasteiger partial charge in [-0.3, -0.25) is 14.6 Å². The number of ether oxygens (including phenoxy) is 1. The summed E-state index contributed by atoms with van der Waals surface area (Å²) in [5.74, 6) is 0.403. The van der Waals surface area contributed by atoms with Crippen molar-refractivity contribution in [3.05, 3.63) is 71.6 Å². The Hall–Kier alpha value is -4.21. The van der Waals surface area contributed by atoms with Crippen molar-refractivity contribution in [2.75, 3.05) is 84.5 Å². The minimum atomic E-state index is -0.161. The van der Waals surface area contributed by atoms with Crippen LogP contribution in [-0.2, 0) is 9.53 Å². The standard InChI is InChI=1S/C39H49N5O4/c1-5-18-41(3)21-17-40-29-11-13-33-35(26-29)48-36-27-30(43-24-22-42(4)23-25-43)12-14-34(36)37(33)31-9-7-8-10-32(31)38(45)44-19-15-28(16-20-44)39(46)47-6-2/h7-14,26-28H,5-6,15-25H2,1-4H3/b40-29+. The third-order valence-corrected chi connectivity index (χ3v) is 9.77. The van der Waals surface area contributed by atoms with E-state index in [1.165, 1.54) is 0 Å². The smallest absolute Gasteiger partial charge is 0.309 e. The molecule has 254 valence electrons. The lowest BCUT2D eigenvalue weighted by Gasteiger charge is -2.34. The van der Waals surface area contributed by atoms with Gasteiger partial charge in [0.15, 0.2) is 0 Å². The first-order chi connectivity index (χ1) is 23.4. The highest BCUT2D eigenvalue weighted by Crippen LogP contribution is 2.42. The summed E-state index contributed by atoms with van der Waals surface area (Å²) >= 11 is 0. The van der Waals surface area contributed by atoms with Crippen molar-refractivity contribution in [3.8, 4) is 22.5 Å². The second-order valence-electron chi connectivity index (χ2n) is 13.2. The van der Waals surface area contributed by atoms with Gasteiger partial charge >= 0.3 is 5.97 Å². The molecule has 0 saturated carbocycles. The first-order valence-corrected chi connectivity index (χ1v) is 17.5. The Morgan fingerprint density at radius 1 is 0.917 bits per heavy atom. The maximum atomic E-state index is 14.2. The first-order valence-electron chi connectivity index (χ1n) is 17.5. The summed E-state index contributed by atoms with van der Waals surface area (Å²) in [6.07, 6.45) is 2.34. The zero-order valence-electron chi connectivity index (χ0n) is 28.9. The predicted octanol–water partition coefficient (Wildman–Crippen LogP) is 5.61. The molecule has 4 aliphatic rings. The van der Waals surface area contributed by atoms with Gasteiger partial charge in [0.2, 0.25) is 0 Å². The molecule has 0 unspecified atom stereocenters. The van der Waals surface area contributed by atoms with Crippen molar-refractivity contribution < 1.29 is 18.7 Å². The Labute approximate surface area is 284 Å². The number of likely N-dealkylation sites (tertiary alicyclic amines) is 1. The summed E-state index contributed by atoms with van der Waals surface area (Å²) in [6, 6.07) is 20.5. The number of esters is 1. The molecule has 48 heavy (non-hydrogen) atoms. The fourth-order valence-electron chi connectivity index (χ4n) is 7.00. The van der Waals surface area contributed by atoms with Crippen LogP contribution in [0.15, 0.2) is 70.1 Å². The monoisotopic (exact) mass is 651 g/mol. The van der Waals surface area contributed by atoms with Crippen LogP contribution in [0, 0.1) is 5.92 Å². The highest BCUT2D eigenvalue weighted by Gasteiger charge is 2.30. The Kier molecular flexibility index (Phi) is 10.8. The van der Waals surface area contributed by atoms with Gasteiger partial charge in [-0.1, -0.05) is 25.1 Å². The van der Waals surface area contributed by atoms with Crippen LogP contribution in [-0.4, -0.2) is 106 Å². The van der Waals surface area contributed by atoms with E-state index in [4.69, 9.17) is 14.1 Å². The third kappa shape index (κ3) is 7.42. The van der Waals surface area contributed by atoms with Crippen LogP contribution in [0.3, 0.4) is 0 Å². The maximum absolute atomic E-state index is 14.2. The van der Waals surface area contributed by atoms with E-state index in [0.29, 0.717) is 44.6 Å². The lowest BCUT2D eigenvalue weighted by molar-refractivity contribution is -0.149. The number of anilines is 1. The molecule has 6 rings (SSSR count). The zero-order valence-corrected chi connectivity index (χ0v) is 28.9. The van der Waals surface area contributed by atoms with E-state index in [1.54, 1.807) is 0 Å². The summed E-state index contributed by atoms with van der Waals surface area (Å²) in [5, 5.41) is 1.85. The number of benzene rings is 3. The molecule has 2 aromatic carbocycles. The average molecular weight is 652 g/mol. The van der Waals surface area contributed by atoms with E-state index < -0.39 is 0 Å². The van der Waals surface area contributed by atoms with Crippen LogP contribution >= 0.6 is 0 Å². The Morgan fingerprint density at radius 2 is 1.69 bits per heavy atom. The number of carbonyl (C=O) groups is 2. The van der Waals surface area contributed by atoms with Crippen molar-refractivity contribution >= 4 is 28.5 Å². The summed E-state index contributed by atoms with van der Waals surface area (Å²) in [5.41, 5.74) is 5.37. The van der Waals surface area contributed by atoms with Gasteiger partial charge in [0.25, 0.3) is 5.91 Å². The lowest BCUT2D eigenvalue weighted by atomic mass is 9.89. The Morgan fingerprint density at radius 3 is 2.44 bits per heavy atom. The van der Waals surface area contributed by atoms with Crippen molar-refractivity contribution in [2.24, 2.45) is 10.9 Å². The molecule has 2 saturated heterocycles. The van der Waals surface area contributed by atoms with Crippen molar-refractivity contribution in [3.63, 3.8) is 0 Å². The number of nitrogens with zero attached hydrogens (tertiary/aromatic N) is 5. The molecule has 3 heterocycles. The van der Waals surface area contributed by atoms with Gasteiger partial charge in [0.1, 0.15) is 11.3 Å². The molecule has 2 fully saturated rings. The minimum Gasteiger partial charge on any atom is -0.466 e. The molecule has 2 aromatic rings. The molecule has 1 amide bonds. The third-order valence-electron chi connectivity index (χ3n) is 9.77. The van der Waals surface area contributed by atoms with E-state index >= 15 is 0 Å². The maximum Gasteiger partial charge on any atom is 0.309 e. The SMILES string of the molecule is CCCN(C)CC/N=c1\ccc2c(-c3ccccc3C(=O)N3CCC(C(=O)OCC)CC3)c3ccc(N4CCN(C)CC4)cc3oc-2c1. The molecule has 1 aliphatic carbocycles. The van der Waals surface area contributed by atoms with Crippen LogP contribution < -0.4 is 10.3 Å². The van der Waals surface area contributed by atoms with Crippen molar-refractivity contribution in [2.45, 2.75) is 33.1 Å². The van der Waals surface area contributed by atoms with Gasteiger partial charge in [0.05, 0.1) is 24.4 Å². The fraction of sp³-hybridized carbons (Fsp3) is 0.462. The van der Waals surface area contributed by atoms with Crippen LogP contribution in [0.2, 0.25) is 0 Å². The molecule has 0 spiro atoms. The number of carbonyl (C=O) groups excluding carboxylic acids is 2. The molecule has 9 heteroatoms. The van der Waals surface area contributed by atoms with Gasteiger partial charge in [-0.2, -0.15) is 0 Å². The largest absolute Gasteiger partial charge is 0.466 e. The average Bonchev–Trinajstić information content (AvgIpc) is 3.10. The van der Waals surface area contributed by atoms with Gasteiger partial charge in [-0.15, -0.1) is 0 Å². The first kappa shape index (κ1) is 33.7. The fourth-order valence-corrected chi connectivity index (χ4v) is 7.00. The van der Waals surface area contributed by atoms with Crippen LogP contribution in [0.25, 0.3) is 33.4 Å². The molecule has 9 nitrogen and oxygen atoms in total. The molecule has 0 N–H and O–H groups in total. The number of fused-ring (bicyclic) bond motifs is 2. The van der Waals surface area contributed by atoms with Crippen molar-refractivity contribution in [1.82, 2.24) is 14.7 Å². The number of likely N-dealkylation sites (N-methyl/N-ethyl adjacent to an activating group) is 2. The quantitative estimate of drug-likeness (QED) is 0.163. The Balaban J connectivity index is 1.41. The molecule has 3 aliphatic heterocycles. The second-order valence-corrected chi connectivity index (χ2v) is 13.2. The highest BCUT2D eigenvalue weighted by atomic mass is 16.5. The van der Waals surface area contributed by atoms with Gasteiger partial charge in [-0.25, -0.2) is 0 Å². The molecule has 0 bridgehead atoms. The van der Waals surface area contributed by atoms with Gasteiger partial charge in [0, 0.05) is 85.7 Å². The van der Waals surface area contributed by atoms with Gasteiger partial charge in [-0.05, 0) is 82.7 Å². The van der Waals surface area contributed by atoms with E-state index in [9.17, 15) is 9.59 Å². The minimum absolute atomic E-state index is 0.0214. The second kappa shape index (κ2) is 15.3. The Bertz CT molecular complexity index is 1770. The number of hydrogen-bond donors (Lipinski definition) is 0. The number of rotatable bonds is 10. The van der Waals surface area contributed by atoms with E-state index in [-0.39, 0.29) is 17.8 Å². The number of piperazine rings is 1. The summed E-state index contributed by atoms with van der Waals surface area (Å²) in [7, 11) is 4.30. The molecular weight excluding hydrogens is 602 g/mol. The van der Waals surface area contributed by atoms with E-state index in [1.807, 2.05) is 42.2 Å². The molecule has 0 radical (unpaired) electrons. The molecular formula is C39H49N5O4. The number of hydrogen-bond acceptors (Lipinski definition) is 8. The topological polar surface area (TPSA) is 81.8 Å². The predicted molar refractivity (Wildman–Crippen MR) is 191 cm³/mol. The van der Waals surface area contributed by atoms with Gasteiger partial charge < -0.3 is 28.8 Å². The summed E-state index contributed by atoms with van der Waals surface area (Å²) in [6.45, 7) is 12.0. The lowest BCUT2D eigenvalue weighted by Crippen LogP contribution is -2.44. The zero-order chi connectivity index (χ0) is 33.6. The highest BCUT2D eigenvalue weighted by molar-refractivity contribution is 6.09. The van der Waals surface area contributed by atoms with Crippen LogP contribution in [0.5, 0.6) is 0 Å². The molecule has 0 aromatic heterocycles. The number of amides is 1. The summed E-state index contributed by atoms with van der Waals surface area (Å²) < 4.78 is 11.9. The van der Waals surface area contributed by atoms with Crippen molar-refractivity contribution in [1.29, 1.82) is 0 Å².